The maximum absolute atomic E-state index is 12.3. The second kappa shape index (κ2) is 9.16. The largest absolute Gasteiger partial charge is 0.493 e. The van der Waals surface area contributed by atoms with E-state index in [9.17, 15) is 19.7 Å². The molecule has 2 N–H and O–H groups in total. The molecule has 3 rings (SSSR count). The van der Waals surface area contributed by atoms with Crippen molar-refractivity contribution in [3.05, 3.63) is 75.0 Å². The number of ether oxygens (including phenoxy) is 3. The number of nitro benzene ring substituents is 1. The summed E-state index contributed by atoms with van der Waals surface area (Å²) in [7, 11) is 2.56. The summed E-state index contributed by atoms with van der Waals surface area (Å²) >= 11 is 0. The molecule has 162 valence electrons. The first-order valence-corrected chi connectivity index (χ1v) is 9.25. The number of hydrogen-bond donors (Lipinski definition) is 2. The van der Waals surface area contributed by atoms with Crippen LogP contribution in [0.4, 0.5) is 10.5 Å². The molecular formula is C21H21N3O7. The smallest absolute Gasteiger partial charge is 0.337 e. The summed E-state index contributed by atoms with van der Waals surface area (Å²) in [5, 5.41) is 16.9. The quantitative estimate of drug-likeness (QED) is 0.395. The number of benzene rings is 2. The Balaban J connectivity index is 2.06. The second-order valence-corrected chi connectivity index (χ2v) is 6.66. The van der Waals surface area contributed by atoms with Gasteiger partial charge in [-0.15, -0.1) is 0 Å². The van der Waals surface area contributed by atoms with Gasteiger partial charge in [-0.25, -0.2) is 9.59 Å². The van der Waals surface area contributed by atoms with Gasteiger partial charge in [0.15, 0.2) is 5.75 Å². The minimum atomic E-state index is -0.975. The predicted molar refractivity (Wildman–Crippen MR) is 110 cm³/mol. The minimum absolute atomic E-state index is 0.0549. The first-order valence-electron chi connectivity index (χ1n) is 9.25. The van der Waals surface area contributed by atoms with E-state index in [-0.39, 0.29) is 40.6 Å². The molecule has 2 aromatic rings. The second-order valence-electron chi connectivity index (χ2n) is 6.66. The van der Waals surface area contributed by atoms with Gasteiger partial charge in [0.25, 0.3) is 0 Å². The van der Waals surface area contributed by atoms with Crippen molar-refractivity contribution in [1.29, 1.82) is 0 Å². The third-order valence-electron chi connectivity index (χ3n) is 4.71. The first-order chi connectivity index (χ1) is 14.8. The lowest BCUT2D eigenvalue weighted by Crippen LogP contribution is -2.45. The fourth-order valence-corrected chi connectivity index (χ4v) is 3.26. The highest BCUT2D eigenvalue weighted by Gasteiger charge is 2.34. The van der Waals surface area contributed by atoms with Crippen LogP contribution >= 0.6 is 0 Å². The normalized spacial score (nSPS) is 15.6. The van der Waals surface area contributed by atoms with Gasteiger partial charge in [0.2, 0.25) is 5.75 Å². The van der Waals surface area contributed by atoms with Crippen LogP contribution in [0.1, 0.15) is 24.1 Å². The lowest BCUT2D eigenvalue weighted by Gasteiger charge is -2.28. The van der Waals surface area contributed by atoms with Gasteiger partial charge in [0, 0.05) is 11.8 Å². The Kier molecular flexibility index (Phi) is 6.39. The maximum atomic E-state index is 12.3. The number of allylic oxidation sites excluding steroid dienone is 1. The zero-order valence-electron chi connectivity index (χ0n) is 17.1. The van der Waals surface area contributed by atoms with E-state index in [0.717, 1.165) is 5.56 Å². The highest BCUT2D eigenvalue weighted by atomic mass is 16.6. The molecule has 10 nitrogen and oxygen atoms in total. The Bertz CT molecular complexity index is 1050. The van der Waals surface area contributed by atoms with Gasteiger partial charge < -0.3 is 24.8 Å². The van der Waals surface area contributed by atoms with Crippen LogP contribution in [0.25, 0.3) is 0 Å². The molecule has 0 fully saturated rings. The topological polar surface area (TPSA) is 129 Å². The third-order valence-corrected chi connectivity index (χ3v) is 4.71. The average Bonchev–Trinajstić information content (AvgIpc) is 2.76. The van der Waals surface area contributed by atoms with Gasteiger partial charge in [0.05, 0.1) is 30.8 Å². The average molecular weight is 427 g/mol. The van der Waals surface area contributed by atoms with Gasteiger partial charge in [0.1, 0.15) is 6.61 Å². The zero-order chi connectivity index (χ0) is 22.5. The van der Waals surface area contributed by atoms with Gasteiger partial charge in [-0.2, -0.15) is 0 Å². The molecule has 2 amide bonds. The van der Waals surface area contributed by atoms with Crippen LogP contribution in [0.3, 0.4) is 0 Å². The van der Waals surface area contributed by atoms with Crippen molar-refractivity contribution < 1.29 is 28.7 Å². The number of esters is 1. The molecule has 1 unspecified atom stereocenters. The lowest BCUT2D eigenvalue weighted by molar-refractivity contribution is -0.386. The van der Waals surface area contributed by atoms with Crippen molar-refractivity contribution in [3.63, 3.8) is 0 Å². The van der Waals surface area contributed by atoms with Crippen LogP contribution in [0.2, 0.25) is 0 Å². The van der Waals surface area contributed by atoms with Crippen molar-refractivity contribution in [1.82, 2.24) is 10.6 Å². The van der Waals surface area contributed by atoms with Crippen LogP contribution in [0.5, 0.6) is 11.5 Å². The van der Waals surface area contributed by atoms with E-state index >= 15 is 0 Å². The van der Waals surface area contributed by atoms with Crippen molar-refractivity contribution in [2.75, 3.05) is 14.2 Å². The van der Waals surface area contributed by atoms with Crippen LogP contribution in [0.15, 0.2) is 53.7 Å². The summed E-state index contributed by atoms with van der Waals surface area (Å²) in [5.74, 6) is -0.642. The van der Waals surface area contributed by atoms with Gasteiger partial charge in [-0.05, 0) is 24.1 Å². The van der Waals surface area contributed by atoms with Crippen molar-refractivity contribution in [2.24, 2.45) is 0 Å². The molecule has 0 bridgehead atoms. The maximum Gasteiger partial charge on any atom is 0.337 e. The number of carbonyl (C=O) groups is 2. The standard InChI is InChI=1S/C21H21N3O7/c1-12-17(20(25)30-3)18(23-21(26)22-12)14-9-15(24(27)28)19(16(10-14)29-2)31-11-13-7-5-4-6-8-13/h4-10,18H,11H2,1-3H3,(H2,22,23,26). The molecule has 0 aromatic heterocycles. The van der Waals surface area contributed by atoms with E-state index in [1.54, 1.807) is 6.92 Å². The Morgan fingerprint density at radius 1 is 1.19 bits per heavy atom. The summed E-state index contributed by atoms with van der Waals surface area (Å²) in [6.07, 6.45) is 0. The van der Waals surface area contributed by atoms with Crippen LogP contribution in [-0.4, -0.2) is 31.1 Å². The molecule has 1 atom stereocenters. The molecule has 0 spiro atoms. The molecule has 1 heterocycles. The molecule has 10 heteroatoms. The summed E-state index contributed by atoms with van der Waals surface area (Å²) < 4.78 is 15.9. The molecule has 0 radical (unpaired) electrons. The van der Waals surface area contributed by atoms with Crippen molar-refractivity contribution in [3.8, 4) is 11.5 Å². The predicted octanol–water partition coefficient (Wildman–Crippen LogP) is 2.98. The van der Waals surface area contributed by atoms with E-state index in [1.165, 1.54) is 26.4 Å². The van der Waals surface area contributed by atoms with Gasteiger partial charge >= 0.3 is 17.7 Å². The van der Waals surface area contributed by atoms with Gasteiger partial charge in [-0.1, -0.05) is 30.3 Å². The highest BCUT2D eigenvalue weighted by Crippen LogP contribution is 2.42. The van der Waals surface area contributed by atoms with Crippen LogP contribution in [0, 0.1) is 10.1 Å². The third kappa shape index (κ3) is 4.58. The van der Waals surface area contributed by atoms with E-state index in [4.69, 9.17) is 14.2 Å². The number of rotatable bonds is 7. The van der Waals surface area contributed by atoms with E-state index in [0.29, 0.717) is 0 Å². The summed E-state index contributed by atoms with van der Waals surface area (Å²) in [6, 6.07) is 10.4. The lowest BCUT2D eigenvalue weighted by atomic mass is 9.94. The zero-order valence-corrected chi connectivity index (χ0v) is 17.1. The summed E-state index contributed by atoms with van der Waals surface area (Å²) in [5.41, 5.74) is 1.13. The molecule has 0 saturated heterocycles. The monoisotopic (exact) mass is 427 g/mol. The molecule has 0 aliphatic carbocycles. The number of carbonyl (C=O) groups excluding carboxylic acids is 2. The Morgan fingerprint density at radius 2 is 1.90 bits per heavy atom. The van der Waals surface area contributed by atoms with Crippen molar-refractivity contribution in [2.45, 2.75) is 19.6 Å². The number of nitro groups is 1. The molecular weight excluding hydrogens is 406 g/mol. The van der Waals surface area contributed by atoms with Crippen LogP contribution < -0.4 is 20.1 Å². The number of nitrogens with zero attached hydrogens (tertiary/aromatic N) is 1. The van der Waals surface area contributed by atoms with Crippen LogP contribution in [-0.2, 0) is 16.1 Å². The molecule has 0 saturated carbocycles. The van der Waals surface area contributed by atoms with E-state index in [1.807, 2.05) is 30.3 Å². The number of hydrogen-bond acceptors (Lipinski definition) is 7. The number of amides is 2. The number of urea groups is 1. The highest BCUT2D eigenvalue weighted by molar-refractivity contribution is 5.95. The first kappa shape index (κ1) is 21.6. The molecule has 31 heavy (non-hydrogen) atoms. The Labute approximate surface area is 177 Å². The van der Waals surface area contributed by atoms with Crippen molar-refractivity contribution >= 4 is 17.7 Å². The molecule has 1 aliphatic rings. The molecule has 1 aliphatic heterocycles. The number of methoxy groups -OCH3 is 2. The fraction of sp³-hybridized carbons (Fsp3) is 0.238. The Morgan fingerprint density at radius 3 is 2.52 bits per heavy atom. The minimum Gasteiger partial charge on any atom is -0.493 e. The Hall–Kier alpha value is -4.08. The summed E-state index contributed by atoms with van der Waals surface area (Å²) in [4.78, 5) is 35.5. The summed E-state index contributed by atoms with van der Waals surface area (Å²) in [6.45, 7) is 1.63. The SMILES string of the molecule is COC(=O)C1=C(C)NC(=O)NC1c1cc(OC)c(OCc2ccccc2)c([N+](=O)[O-])c1. The van der Waals surface area contributed by atoms with E-state index < -0.39 is 23.0 Å². The van der Waals surface area contributed by atoms with Gasteiger partial charge in [-0.3, -0.25) is 10.1 Å². The fourth-order valence-electron chi connectivity index (χ4n) is 3.26. The van der Waals surface area contributed by atoms with E-state index in [2.05, 4.69) is 10.6 Å². The molecule has 2 aromatic carbocycles. The number of nitrogens with one attached hydrogen (secondary N) is 2.